The first-order valence-corrected chi connectivity index (χ1v) is 7.81. The Balaban J connectivity index is 1.71. The Bertz CT molecular complexity index is 547. The lowest BCUT2D eigenvalue weighted by molar-refractivity contribution is -0.133. The molecule has 1 aromatic rings. The molecule has 4 heteroatoms. The van der Waals surface area contributed by atoms with Crippen LogP contribution in [0.15, 0.2) is 24.3 Å². The zero-order chi connectivity index (χ0) is 14.8. The first kappa shape index (κ1) is 14.1. The Kier molecular flexibility index (Phi) is 3.95. The summed E-state index contributed by atoms with van der Waals surface area (Å²) in [6.07, 6.45) is 3.67. The zero-order valence-electron chi connectivity index (χ0n) is 12.5. The van der Waals surface area contributed by atoms with Gasteiger partial charge in [0.1, 0.15) is 0 Å². The second kappa shape index (κ2) is 5.88. The van der Waals surface area contributed by atoms with Crippen LogP contribution in [-0.4, -0.2) is 36.3 Å². The number of hydrogen-bond donors (Lipinski definition) is 0. The lowest BCUT2D eigenvalue weighted by Gasteiger charge is -2.36. The third kappa shape index (κ3) is 2.80. The minimum atomic E-state index is 0.0618. The number of carbonyl (C=O) groups is 2. The van der Waals surface area contributed by atoms with Crippen molar-refractivity contribution < 1.29 is 9.59 Å². The van der Waals surface area contributed by atoms with Crippen molar-refractivity contribution in [1.29, 1.82) is 0 Å². The molecule has 1 aromatic carbocycles. The van der Waals surface area contributed by atoms with Crippen LogP contribution in [0, 0.1) is 5.92 Å². The van der Waals surface area contributed by atoms with E-state index in [1.807, 2.05) is 21.9 Å². The molecule has 0 aromatic heterocycles. The fourth-order valence-corrected chi connectivity index (χ4v) is 3.42. The Morgan fingerprint density at radius 1 is 1.10 bits per heavy atom. The molecule has 1 saturated heterocycles. The van der Waals surface area contributed by atoms with Gasteiger partial charge in [-0.2, -0.15) is 0 Å². The molecule has 2 aliphatic rings. The van der Waals surface area contributed by atoms with Crippen molar-refractivity contribution in [2.24, 2.45) is 5.92 Å². The lowest BCUT2D eigenvalue weighted by atomic mass is 9.93. The number of likely N-dealkylation sites (tertiary alicyclic amines) is 1. The first-order chi connectivity index (χ1) is 10.2. The van der Waals surface area contributed by atoms with Crippen molar-refractivity contribution >= 4 is 17.5 Å². The molecular weight excluding hydrogens is 264 g/mol. The Morgan fingerprint density at radius 3 is 2.52 bits per heavy atom. The molecular formula is C17H22N2O2. The quantitative estimate of drug-likeness (QED) is 0.794. The summed E-state index contributed by atoms with van der Waals surface area (Å²) in [6, 6.07) is 8.21. The Labute approximate surface area is 125 Å². The second-order valence-corrected chi connectivity index (χ2v) is 6.00. The van der Waals surface area contributed by atoms with Crippen molar-refractivity contribution in [2.75, 3.05) is 24.5 Å². The standard InChI is InChI=1S/C17H22N2O2/c1-13(20)18-11-8-15(9-12-18)17(21)19-10-4-6-14-5-2-3-7-16(14)19/h2-3,5,7,15H,4,6,8-12H2,1H3. The maximum Gasteiger partial charge on any atom is 0.230 e. The van der Waals surface area contributed by atoms with Crippen molar-refractivity contribution in [3.05, 3.63) is 29.8 Å². The van der Waals surface area contributed by atoms with Crippen LogP contribution in [0.3, 0.4) is 0 Å². The normalized spacial score (nSPS) is 19.3. The molecule has 4 nitrogen and oxygen atoms in total. The van der Waals surface area contributed by atoms with E-state index in [1.165, 1.54) is 5.56 Å². The molecule has 2 heterocycles. The fraction of sp³-hybridized carbons (Fsp3) is 0.529. The molecule has 0 spiro atoms. The molecule has 0 N–H and O–H groups in total. The van der Waals surface area contributed by atoms with Gasteiger partial charge in [0.2, 0.25) is 11.8 Å². The third-order valence-electron chi connectivity index (χ3n) is 4.67. The summed E-state index contributed by atoms with van der Waals surface area (Å²) in [6.45, 7) is 3.84. The van der Waals surface area contributed by atoms with Gasteiger partial charge in [-0.25, -0.2) is 0 Å². The van der Waals surface area contributed by atoms with Gasteiger partial charge < -0.3 is 9.80 Å². The molecule has 0 unspecified atom stereocenters. The van der Waals surface area contributed by atoms with E-state index in [1.54, 1.807) is 6.92 Å². The van der Waals surface area contributed by atoms with Gasteiger partial charge in [-0.05, 0) is 37.3 Å². The maximum absolute atomic E-state index is 12.8. The van der Waals surface area contributed by atoms with Crippen LogP contribution in [0.25, 0.3) is 0 Å². The molecule has 0 saturated carbocycles. The van der Waals surface area contributed by atoms with Gasteiger partial charge in [-0.15, -0.1) is 0 Å². The van der Waals surface area contributed by atoms with Gasteiger partial charge >= 0.3 is 0 Å². The van der Waals surface area contributed by atoms with Crippen molar-refractivity contribution in [2.45, 2.75) is 32.6 Å². The van der Waals surface area contributed by atoms with Crippen molar-refractivity contribution in [3.63, 3.8) is 0 Å². The minimum absolute atomic E-state index is 0.0618. The number of para-hydroxylation sites is 1. The summed E-state index contributed by atoms with van der Waals surface area (Å²) >= 11 is 0. The molecule has 1 fully saturated rings. The predicted molar refractivity (Wildman–Crippen MR) is 82.1 cm³/mol. The molecule has 112 valence electrons. The van der Waals surface area contributed by atoms with Gasteiger partial charge in [0.25, 0.3) is 0 Å². The van der Waals surface area contributed by atoms with Crippen LogP contribution in [0.2, 0.25) is 0 Å². The molecule has 0 aliphatic carbocycles. The van der Waals surface area contributed by atoms with Crippen LogP contribution < -0.4 is 4.90 Å². The number of carbonyl (C=O) groups excluding carboxylic acids is 2. The predicted octanol–water partition coefficient (Wildman–Crippen LogP) is 2.22. The third-order valence-corrected chi connectivity index (χ3v) is 4.67. The number of anilines is 1. The van der Waals surface area contributed by atoms with Crippen LogP contribution in [0.4, 0.5) is 5.69 Å². The van der Waals surface area contributed by atoms with Crippen LogP contribution in [0.5, 0.6) is 0 Å². The van der Waals surface area contributed by atoms with E-state index in [4.69, 9.17) is 0 Å². The Morgan fingerprint density at radius 2 is 1.81 bits per heavy atom. The van der Waals surface area contributed by atoms with E-state index in [9.17, 15) is 9.59 Å². The van der Waals surface area contributed by atoms with Gasteiger partial charge in [0.15, 0.2) is 0 Å². The second-order valence-electron chi connectivity index (χ2n) is 6.00. The fourth-order valence-electron chi connectivity index (χ4n) is 3.42. The van der Waals surface area contributed by atoms with Crippen LogP contribution in [-0.2, 0) is 16.0 Å². The summed E-state index contributed by atoms with van der Waals surface area (Å²) in [4.78, 5) is 28.0. The number of rotatable bonds is 1. The number of fused-ring (bicyclic) bond motifs is 1. The molecule has 21 heavy (non-hydrogen) atoms. The van der Waals surface area contributed by atoms with Crippen molar-refractivity contribution in [3.8, 4) is 0 Å². The Hall–Kier alpha value is -1.84. The van der Waals surface area contributed by atoms with Gasteiger partial charge in [-0.1, -0.05) is 18.2 Å². The van der Waals surface area contributed by atoms with Crippen LogP contribution >= 0.6 is 0 Å². The summed E-state index contributed by atoms with van der Waals surface area (Å²) in [7, 11) is 0. The van der Waals surface area contributed by atoms with E-state index in [0.717, 1.165) is 37.9 Å². The highest BCUT2D eigenvalue weighted by atomic mass is 16.2. The topological polar surface area (TPSA) is 40.6 Å². The van der Waals surface area contributed by atoms with E-state index in [2.05, 4.69) is 12.1 Å². The van der Waals surface area contributed by atoms with Crippen LogP contribution in [0.1, 0.15) is 31.7 Å². The molecule has 2 aliphatic heterocycles. The highest BCUT2D eigenvalue weighted by molar-refractivity contribution is 5.96. The number of nitrogens with zero attached hydrogens (tertiary/aromatic N) is 2. The summed E-state index contributed by atoms with van der Waals surface area (Å²) in [5.74, 6) is 0.418. The first-order valence-electron chi connectivity index (χ1n) is 7.81. The molecule has 0 bridgehead atoms. The number of amides is 2. The van der Waals surface area contributed by atoms with E-state index < -0.39 is 0 Å². The van der Waals surface area contributed by atoms with E-state index >= 15 is 0 Å². The van der Waals surface area contributed by atoms with E-state index in [-0.39, 0.29) is 17.7 Å². The highest BCUT2D eigenvalue weighted by Gasteiger charge is 2.31. The van der Waals surface area contributed by atoms with Gasteiger partial charge in [-0.3, -0.25) is 9.59 Å². The summed E-state index contributed by atoms with van der Waals surface area (Å²) < 4.78 is 0. The monoisotopic (exact) mass is 286 g/mol. The van der Waals surface area contributed by atoms with Crippen molar-refractivity contribution in [1.82, 2.24) is 4.90 Å². The zero-order valence-corrected chi connectivity index (χ0v) is 12.5. The maximum atomic E-state index is 12.8. The molecule has 2 amide bonds. The average Bonchev–Trinajstić information content (AvgIpc) is 2.53. The highest BCUT2D eigenvalue weighted by Crippen LogP contribution is 2.30. The summed E-state index contributed by atoms with van der Waals surface area (Å²) in [5.41, 5.74) is 2.36. The molecule has 0 radical (unpaired) electrons. The smallest absolute Gasteiger partial charge is 0.230 e. The summed E-state index contributed by atoms with van der Waals surface area (Å²) in [5, 5.41) is 0. The number of hydrogen-bond acceptors (Lipinski definition) is 2. The van der Waals surface area contributed by atoms with Gasteiger partial charge in [0.05, 0.1) is 0 Å². The number of aryl methyl sites for hydroxylation is 1. The molecule has 0 atom stereocenters. The SMILES string of the molecule is CC(=O)N1CCC(C(=O)N2CCCc3ccccc32)CC1. The number of benzene rings is 1. The molecule has 3 rings (SSSR count). The lowest BCUT2D eigenvalue weighted by Crippen LogP contribution is -2.45. The average molecular weight is 286 g/mol. The van der Waals surface area contributed by atoms with E-state index in [0.29, 0.717) is 13.1 Å². The largest absolute Gasteiger partial charge is 0.343 e. The number of piperidine rings is 1. The van der Waals surface area contributed by atoms with Gasteiger partial charge in [0, 0.05) is 38.2 Å². The minimum Gasteiger partial charge on any atom is -0.343 e.